The van der Waals surface area contributed by atoms with Crippen LogP contribution in [0.15, 0.2) is 72.1 Å². The summed E-state index contributed by atoms with van der Waals surface area (Å²) >= 11 is 1.50. The van der Waals surface area contributed by atoms with Gasteiger partial charge in [-0.2, -0.15) is 4.68 Å². The first kappa shape index (κ1) is 17.6. The molecule has 0 aliphatic heterocycles. The Balaban J connectivity index is 1.76. The van der Waals surface area contributed by atoms with Gasteiger partial charge in [0.1, 0.15) is 11.4 Å². The van der Waals surface area contributed by atoms with E-state index in [9.17, 15) is 9.90 Å². The van der Waals surface area contributed by atoms with Gasteiger partial charge in [-0.3, -0.25) is 4.79 Å². The van der Waals surface area contributed by atoms with Crippen LogP contribution in [0, 0.1) is 0 Å². The summed E-state index contributed by atoms with van der Waals surface area (Å²) in [5.74, 6) is 0.118. The van der Waals surface area contributed by atoms with Gasteiger partial charge in [-0.15, -0.1) is 16.4 Å². The maximum atomic E-state index is 13.1. The number of nitrogens with zero attached hydrogens (tertiary/aromatic N) is 4. The van der Waals surface area contributed by atoms with Crippen LogP contribution in [-0.4, -0.2) is 31.2 Å². The lowest BCUT2D eigenvalue weighted by molar-refractivity contribution is -0.111. The van der Waals surface area contributed by atoms with Crippen LogP contribution in [-0.2, 0) is 4.79 Å². The molecule has 4 aromatic rings. The normalized spacial score (nSPS) is 11.4. The number of rotatable bonds is 5. The molecule has 1 amide bonds. The molecular weight excluding hydrogens is 374 g/mol. The SMILES string of the molecule is O=C(Nc1cccc(O)c1)C(=Cc1cccs1)n1nnnc1-c1ccccc1. The highest BCUT2D eigenvalue weighted by Crippen LogP contribution is 2.23. The molecule has 0 aliphatic rings. The zero-order valence-corrected chi connectivity index (χ0v) is 15.4. The van der Waals surface area contributed by atoms with Crippen LogP contribution in [0.1, 0.15) is 4.88 Å². The highest BCUT2D eigenvalue weighted by molar-refractivity contribution is 7.10. The van der Waals surface area contributed by atoms with Crippen LogP contribution in [0.5, 0.6) is 5.75 Å². The Morgan fingerprint density at radius 3 is 2.68 bits per heavy atom. The second kappa shape index (κ2) is 7.85. The van der Waals surface area contributed by atoms with Crippen LogP contribution in [0.2, 0.25) is 0 Å². The molecule has 2 heterocycles. The third-order valence-corrected chi connectivity index (χ3v) is 4.71. The number of nitrogens with one attached hydrogen (secondary N) is 1. The minimum absolute atomic E-state index is 0.0639. The maximum Gasteiger partial charge on any atom is 0.274 e. The Morgan fingerprint density at radius 1 is 1.07 bits per heavy atom. The van der Waals surface area contributed by atoms with E-state index in [-0.39, 0.29) is 11.4 Å². The molecule has 138 valence electrons. The minimum Gasteiger partial charge on any atom is -0.508 e. The van der Waals surface area contributed by atoms with Crippen molar-refractivity contribution in [2.24, 2.45) is 0 Å². The molecule has 0 spiro atoms. The second-order valence-corrected chi connectivity index (χ2v) is 6.81. The Labute approximate surface area is 164 Å². The van der Waals surface area contributed by atoms with E-state index in [0.29, 0.717) is 11.5 Å². The predicted octanol–water partition coefficient (Wildman–Crippen LogP) is 3.74. The first-order valence-electron chi connectivity index (χ1n) is 8.40. The lowest BCUT2D eigenvalue weighted by atomic mass is 10.2. The van der Waals surface area contributed by atoms with Crippen LogP contribution in [0.4, 0.5) is 5.69 Å². The van der Waals surface area contributed by atoms with Crippen molar-refractivity contribution in [3.63, 3.8) is 0 Å². The molecule has 0 saturated heterocycles. The molecule has 7 nitrogen and oxygen atoms in total. The van der Waals surface area contributed by atoms with Gasteiger partial charge in [0.15, 0.2) is 5.82 Å². The number of thiophene rings is 1. The number of phenolic OH excluding ortho intramolecular Hbond substituents is 1. The van der Waals surface area contributed by atoms with Crippen molar-refractivity contribution in [3.05, 3.63) is 77.0 Å². The number of hydrogen-bond acceptors (Lipinski definition) is 6. The minimum atomic E-state index is -0.400. The Bertz CT molecular complexity index is 1120. The highest BCUT2D eigenvalue weighted by Gasteiger charge is 2.19. The Kier molecular flexibility index (Phi) is 4.94. The molecule has 0 saturated carbocycles. The summed E-state index contributed by atoms with van der Waals surface area (Å²) < 4.78 is 1.41. The van der Waals surface area contributed by atoms with Crippen LogP contribution in [0.25, 0.3) is 23.2 Å². The number of benzene rings is 2. The number of carbonyl (C=O) groups excluding carboxylic acids is 1. The van der Waals surface area contributed by atoms with E-state index < -0.39 is 5.91 Å². The van der Waals surface area contributed by atoms with Gasteiger partial charge in [-0.25, -0.2) is 0 Å². The lowest BCUT2D eigenvalue weighted by Crippen LogP contribution is -2.19. The third-order valence-electron chi connectivity index (χ3n) is 3.89. The van der Waals surface area contributed by atoms with Crippen molar-refractivity contribution in [2.45, 2.75) is 0 Å². The van der Waals surface area contributed by atoms with E-state index in [1.54, 1.807) is 18.2 Å². The van der Waals surface area contributed by atoms with Gasteiger partial charge in [-0.1, -0.05) is 42.5 Å². The quantitative estimate of drug-likeness (QED) is 0.507. The number of carbonyl (C=O) groups is 1. The summed E-state index contributed by atoms with van der Waals surface area (Å²) in [4.78, 5) is 13.9. The molecular formula is C20H15N5O2S. The molecule has 2 aromatic heterocycles. The van der Waals surface area contributed by atoms with Crippen molar-refractivity contribution in [1.29, 1.82) is 0 Å². The van der Waals surface area contributed by atoms with Crippen molar-refractivity contribution >= 4 is 34.7 Å². The molecule has 0 aliphatic carbocycles. The first-order valence-corrected chi connectivity index (χ1v) is 9.28. The number of anilines is 1. The molecule has 2 aromatic carbocycles. The van der Waals surface area contributed by atoms with Gasteiger partial charge < -0.3 is 10.4 Å². The van der Waals surface area contributed by atoms with Crippen LogP contribution < -0.4 is 5.32 Å². The van der Waals surface area contributed by atoms with E-state index in [2.05, 4.69) is 20.8 Å². The van der Waals surface area contributed by atoms with Gasteiger partial charge in [-0.05, 0) is 40.1 Å². The van der Waals surface area contributed by atoms with Gasteiger partial charge in [0.2, 0.25) is 0 Å². The van der Waals surface area contributed by atoms with Crippen molar-refractivity contribution in [1.82, 2.24) is 20.2 Å². The van der Waals surface area contributed by atoms with Gasteiger partial charge in [0.25, 0.3) is 5.91 Å². The molecule has 0 bridgehead atoms. The van der Waals surface area contributed by atoms with Crippen molar-refractivity contribution in [2.75, 3.05) is 5.32 Å². The number of hydrogen-bond donors (Lipinski definition) is 2. The van der Waals surface area contributed by atoms with E-state index in [4.69, 9.17) is 0 Å². The zero-order valence-electron chi connectivity index (χ0n) is 14.6. The molecule has 0 atom stereocenters. The second-order valence-electron chi connectivity index (χ2n) is 5.83. The smallest absolute Gasteiger partial charge is 0.274 e. The van der Waals surface area contributed by atoms with E-state index in [1.165, 1.54) is 28.2 Å². The highest BCUT2D eigenvalue weighted by atomic mass is 32.1. The fourth-order valence-corrected chi connectivity index (χ4v) is 3.28. The summed E-state index contributed by atoms with van der Waals surface area (Å²) in [6.45, 7) is 0. The zero-order chi connectivity index (χ0) is 19.3. The fourth-order valence-electron chi connectivity index (χ4n) is 2.63. The number of phenols is 1. The van der Waals surface area contributed by atoms with Gasteiger partial charge in [0.05, 0.1) is 0 Å². The van der Waals surface area contributed by atoms with Gasteiger partial charge >= 0.3 is 0 Å². The molecule has 0 fully saturated rings. The summed E-state index contributed by atoms with van der Waals surface area (Å²) in [5.41, 5.74) is 1.51. The molecule has 0 radical (unpaired) electrons. The van der Waals surface area contributed by atoms with E-state index >= 15 is 0 Å². The van der Waals surface area contributed by atoms with Crippen LogP contribution in [0.3, 0.4) is 0 Å². The average Bonchev–Trinajstić information content (AvgIpc) is 3.38. The first-order chi connectivity index (χ1) is 13.7. The summed E-state index contributed by atoms with van der Waals surface area (Å²) in [5, 5.41) is 26.2. The molecule has 0 unspecified atom stereocenters. The van der Waals surface area contributed by atoms with E-state index in [0.717, 1.165) is 10.4 Å². The third kappa shape index (κ3) is 3.81. The summed E-state index contributed by atoms with van der Waals surface area (Å²) in [6, 6.07) is 19.6. The molecule has 8 heteroatoms. The largest absolute Gasteiger partial charge is 0.508 e. The van der Waals surface area contributed by atoms with Crippen molar-refractivity contribution < 1.29 is 9.90 Å². The van der Waals surface area contributed by atoms with Crippen LogP contribution >= 0.6 is 11.3 Å². The summed E-state index contributed by atoms with van der Waals surface area (Å²) in [6.07, 6.45) is 1.73. The molecule has 4 rings (SSSR count). The Morgan fingerprint density at radius 2 is 1.93 bits per heavy atom. The number of tetrazole rings is 1. The average molecular weight is 389 g/mol. The number of aromatic nitrogens is 4. The number of amides is 1. The van der Waals surface area contributed by atoms with E-state index in [1.807, 2.05) is 47.8 Å². The lowest BCUT2D eigenvalue weighted by Gasteiger charge is -2.11. The predicted molar refractivity (Wildman–Crippen MR) is 108 cm³/mol. The number of aromatic hydroxyl groups is 1. The van der Waals surface area contributed by atoms with Crippen molar-refractivity contribution in [3.8, 4) is 17.1 Å². The van der Waals surface area contributed by atoms with Gasteiger partial charge in [0, 0.05) is 22.2 Å². The summed E-state index contributed by atoms with van der Waals surface area (Å²) in [7, 11) is 0. The monoisotopic (exact) mass is 389 g/mol. The Hall–Kier alpha value is -3.78. The standard InChI is InChI=1S/C20H15N5O2S/c26-16-9-4-8-15(12-16)21-20(27)18(13-17-10-5-11-28-17)25-19(22-23-24-25)14-6-2-1-3-7-14/h1-13,26H,(H,21,27). The molecule has 28 heavy (non-hydrogen) atoms. The fraction of sp³-hybridized carbons (Fsp3) is 0. The molecule has 2 N–H and O–H groups in total. The maximum absolute atomic E-state index is 13.1. The topological polar surface area (TPSA) is 92.9 Å².